The number of nitrogens with one attached hydrogen (secondary N) is 1. The van der Waals surface area contributed by atoms with Crippen molar-refractivity contribution in [1.82, 2.24) is 10.2 Å². The van der Waals surface area contributed by atoms with Crippen molar-refractivity contribution in [3.63, 3.8) is 0 Å². The van der Waals surface area contributed by atoms with E-state index in [1.54, 1.807) is 6.92 Å². The van der Waals surface area contributed by atoms with Gasteiger partial charge in [0, 0.05) is 23.4 Å². The normalized spacial score (nSPS) is 10.6. The van der Waals surface area contributed by atoms with Crippen molar-refractivity contribution in [1.29, 1.82) is 0 Å². The lowest BCUT2D eigenvalue weighted by Gasteiger charge is -2.10. The van der Waals surface area contributed by atoms with Gasteiger partial charge in [0.2, 0.25) is 11.8 Å². The number of amides is 1. The number of methoxy groups -OCH3 is 1. The summed E-state index contributed by atoms with van der Waals surface area (Å²) in [4.78, 5) is 22.8. The number of carbonyl (C=O) groups is 1. The summed E-state index contributed by atoms with van der Waals surface area (Å²) in [6, 6.07) is 10.4. The molecule has 0 aliphatic carbocycles. The molecule has 0 spiro atoms. The van der Waals surface area contributed by atoms with E-state index in [9.17, 15) is 14.9 Å². The molecule has 0 bridgehead atoms. The number of nitrogens with zero attached hydrogens (tertiary/aromatic N) is 3. The van der Waals surface area contributed by atoms with E-state index in [-0.39, 0.29) is 28.3 Å². The highest BCUT2D eigenvalue weighted by Gasteiger charge is 2.19. The third-order valence-corrected chi connectivity index (χ3v) is 4.85. The fourth-order valence-corrected chi connectivity index (χ4v) is 3.07. The molecule has 0 unspecified atom stereocenters. The summed E-state index contributed by atoms with van der Waals surface area (Å²) in [6.07, 6.45) is 0. The lowest BCUT2D eigenvalue weighted by Crippen LogP contribution is -2.15. The third-order valence-electron chi connectivity index (χ3n) is 4.03. The molecule has 3 rings (SSSR count). The maximum Gasteiger partial charge on any atom is 0.311 e. The Morgan fingerprint density at radius 2 is 1.97 bits per heavy atom. The number of hydrogen-bond donors (Lipinski definition) is 1. The zero-order chi connectivity index (χ0) is 21.0. The van der Waals surface area contributed by atoms with Crippen molar-refractivity contribution in [3.8, 4) is 17.2 Å². The van der Waals surface area contributed by atoms with E-state index >= 15 is 0 Å². The molecule has 0 saturated heterocycles. The number of hydrogen-bond acceptors (Lipinski definition) is 8. The van der Waals surface area contributed by atoms with Gasteiger partial charge in [0.15, 0.2) is 5.75 Å². The molecule has 0 aliphatic rings. The Kier molecular flexibility index (Phi) is 6.13. The number of rotatable bonds is 7. The molecule has 1 heterocycles. The maximum absolute atomic E-state index is 12.3. The zero-order valence-electron chi connectivity index (χ0n) is 16.0. The minimum absolute atomic E-state index is 0.0360. The van der Waals surface area contributed by atoms with Crippen molar-refractivity contribution in [2.75, 3.05) is 18.2 Å². The topological polar surface area (TPSA) is 120 Å². The quantitative estimate of drug-likeness (QED) is 0.350. The minimum atomic E-state index is -0.533. The summed E-state index contributed by atoms with van der Waals surface area (Å²) in [5, 5.41) is 22.0. The Bertz CT molecular complexity index is 1050. The Labute approximate surface area is 170 Å². The van der Waals surface area contributed by atoms with Gasteiger partial charge >= 0.3 is 5.69 Å². The van der Waals surface area contributed by atoms with Gasteiger partial charge in [0.1, 0.15) is 0 Å². The van der Waals surface area contributed by atoms with Gasteiger partial charge in [0.05, 0.1) is 17.8 Å². The predicted octanol–water partition coefficient (Wildman–Crippen LogP) is 4.00. The second kappa shape index (κ2) is 8.74. The average Bonchev–Trinajstić information content (AvgIpc) is 3.17. The molecule has 0 saturated carbocycles. The lowest BCUT2D eigenvalue weighted by atomic mass is 10.1. The fraction of sp³-hybridized carbons (Fsp3) is 0.211. The predicted molar refractivity (Wildman–Crippen MR) is 108 cm³/mol. The minimum Gasteiger partial charge on any atom is -0.490 e. The van der Waals surface area contributed by atoms with Gasteiger partial charge in [-0.1, -0.05) is 29.5 Å². The lowest BCUT2D eigenvalue weighted by molar-refractivity contribution is -0.385. The highest BCUT2D eigenvalue weighted by Crippen LogP contribution is 2.33. The summed E-state index contributed by atoms with van der Waals surface area (Å²) in [5.74, 6) is 0.171. The molecular weight excluding hydrogens is 396 g/mol. The van der Waals surface area contributed by atoms with Crippen LogP contribution in [0.2, 0.25) is 0 Å². The second-order valence-electron chi connectivity index (χ2n) is 6.17. The molecule has 0 fully saturated rings. The van der Waals surface area contributed by atoms with E-state index in [1.807, 2.05) is 31.2 Å². The first-order chi connectivity index (χ1) is 13.9. The Hall–Kier alpha value is -3.40. The van der Waals surface area contributed by atoms with E-state index in [1.165, 1.54) is 19.2 Å². The largest absolute Gasteiger partial charge is 0.490 e. The van der Waals surface area contributed by atoms with Crippen LogP contribution in [0.3, 0.4) is 0 Å². The first-order valence-corrected chi connectivity index (χ1v) is 9.52. The molecule has 3 aromatic rings. The molecule has 150 valence electrons. The van der Waals surface area contributed by atoms with Crippen LogP contribution in [0.15, 0.2) is 46.0 Å². The van der Waals surface area contributed by atoms with Crippen LogP contribution < -0.4 is 10.1 Å². The molecule has 2 aromatic carbocycles. The molecule has 29 heavy (non-hydrogen) atoms. The molecule has 0 aliphatic heterocycles. The number of benzene rings is 2. The Morgan fingerprint density at radius 3 is 2.62 bits per heavy atom. The van der Waals surface area contributed by atoms with Crippen molar-refractivity contribution in [2.45, 2.75) is 19.1 Å². The summed E-state index contributed by atoms with van der Waals surface area (Å²) in [5.41, 5.74) is 2.75. The number of carbonyl (C=O) groups excluding carboxylic acids is 1. The average molecular weight is 414 g/mol. The van der Waals surface area contributed by atoms with Crippen molar-refractivity contribution < 1.29 is 18.9 Å². The van der Waals surface area contributed by atoms with E-state index in [0.717, 1.165) is 22.9 Å². The van der Waals surface area contributed by atoms with Crippen LogP contribution in [0.4, 0.5) is 11.4 Å². The van der Waals surface area contributed by atoms with Crippen LogP contribution >= 0.6 is 11.8 Å². The first-order valence-electron chi connectivity index (χ1n) is 8.53. The Morgan fingerprint density at radius 1 is 1.24 bits per heavy atom. The van der Waals surface area contributed by atoms with Crippen LogP contribution in [-0.4, -0.2) is 33.9 Å². The number of ether oxygens (including phenoxy) is 1. The number of anilines is 1. The SMILES string of the molecule is COc1cc(NC(=O)CSc2nnc(-c3ccc(C)cc3)o2)c(C)cc1[N+](=O)[O-]. The number of aromatic nitrogens is 2. The molecule has 0 atom stereocenters. The summed E-state index contributed by atoms with van der Waals surface area (Å²) >= 11 is 1.10. The molecule has 0 radical (unpaired) electrons. The van der Waals surface area contributed by atoms with Gasteiger partial charge in [-0.2, -0.15) is 0 Å². The number of thioether (sulfide) groups is 1. The standard InChI is InChI=1S/C19H18N4O5S/c1-11-4-6-13(7-5-11)18-21-22-19(28-18)29-10-17(24)20-14-9-16(27-3)15(23(25)26)8-12(14)2/h4-9H,10H2,1-3H3,(H,20,24). The van der Waals surface area contributed by atoms with E-state index in [4.69, 9.17) is 9.15 Å². The molecule has 1 aromatic heterocycles. The number of nitro groups is 1. The number of nitro benzene ring substituents is 1. The van der Waals surface area contributed by atoms with Crippen molar-refractivity contribution in [2.24, 2.45) is 0 Å². The van der Waals surface area contributed by atoms with Crippen LogP contribution in [0.5, 0.6) is 5.75 Å². The molecule has 1 amide bonds. The van der Waals surface area contributed by atoms with Gasteiger partial charge < -0.3 is 14.5 Å². The maximum atomic E-state index is 12.3. The van der Waals surface area contributed by atoms with Crippen LogP contribution in [0.1, 0.15) is 11.1 Å². The first kappa shape index (κ1) is 20.3. The molecule has 1 N–H and O–H groups in total. The molecular formula is C19H18N4O5S. The van der Waals surface area contributed by atoms with Gasteiger partial charge in [-0.3, -0.25) is 14.9 Å². The van der Waals surface area contributed by atoms with Gasteiger partial charge in [0.25, 0.3) is 5.22 Å². The van der Waals surface area contributed by atoms with Gasteiger partial charge in [-0.05, 0) is 31.5 Å². The number of aryl methyl sites for hydroxylation is 2. The summed E-state index contributed by atoms with van der Waals surface area (Å²) in [7, 11) is 1.33. The highest BCUT2D eigenvalue weighted by molar-refractivity contribution is 7.99. The second-order valence-corrected chi connectivity index (χ2v) is 7.10. The van der Waals surface area contributed by atoms with E-state index < -0.39 is 4.92 Å². The molecule has 9 nitrogen and oxygen atoms in total. The monoisotopic (exact) mass is 414 g/mol. The smallest absolute Gasteiger partial charge is 0.311 e. The fourth-order valence-electron chi connectivity index (χ4n) is 2.51. The Balaban J connectivity index is 1.63. The highest BCUT2D eigenvalue weighted by atomic mass is 32.2. The van der Waals surface area contributed by atoms with Gasteiger partial charge in [-0.15, -0.1) is 10.2 Å². The summed E-state index contributed by atoms with van der Waals surface area (Å²) < 4.78 is 10.6. The van der Waals surface area contributed by atoms with Crippen LogP contribution in [0, 0.1) is 24.0 Å². The zero-order valence-corrected chi connectivity index (χ0v) is 16.8. The van der Waals surface area contributed by atoms with E-state index in [2.05, 4.69) is 15.5 Å². The van der Waals surface area contributed by atoms with Crippen LogP contribution in [0.25, 0.3) is 11.5 Å². The van der Waals surface area contributed by atoms with Crippen LogP contribution in [-0.2, 0) is 4.79 Å². The van der Waals surface area contributed by atoms with Crippen molar-refractivity contribution in [3.05, 3.63) is 57.6 Å². The summed E-state index contributed by atoms with van der Waals surface area (Å²) in [6.45, 7) is 3.65. The van der Waals surface area contributed by atoms with Gasteiger partial charge in [-0.25, -0.2) is 0 Å². The van der Waals surface area contributed by atoms with Crippen molar-refractivity contribution >= 4 is 29.0 Å². The van der Waals surface area contributed by atoms with E-state index in [0.29, 0.717) is 17.1 Å². The molecule has 10 heteroatoms. The third kappa shape index (κ3) is 4.91.